The number of aliphatic carboxylic acids is 1. The lowest BCUT2D eigenvalue weighted by molar-refractivity contribution is -0.144. The Hall–Kier alpha value is -2.11. The normalized spacial score (nSPS) is 17.9. The number of H-pyrrole nitrogens is 1. The monoisotopic (exact) mass is 327 g/mol. The molecule has 0 saturated carbocycles. The topological polar surface area (TPSA) is 59.6 Å². The van der Waals surface area contributed by atoms with Crippen molar-refractivity contribution in [1.29, 1.82) is 0 Å². The van der Waals surface area contributed by atoms with Gasteiger partial charge in [0.05, 0.1) is 0 Å². The van der Waals surface area contributed by atoms with E-state index in [9.17, 15) is 9.90 Å². The Morgan fingerprint density at radius 1 is 1.33 bits per heavy atom. The maximum absolute atomic E-state index is 12.0. The van der Waals surface area contributed by atoms with Crippen molar-refractivity contribution in [3.63, 3.8) is 0 Å². The van der Waals surface area contributed by atoms with E-state index in [0.717, 1.165) is 60.3 Å². The number of piperazine rings is 1. The zero-order chi connectivity index (χ0) is 17.3. The number of fused-ring (bicyclic) bond motifs is 1. The maximum atomic E-state index is 12.0. The highest BCUT2D eigenvalue weighted by atomic mass is 16.4. The fourth-order valence-corrected chi connectivity index (χ4v) is 3.53. The van der Waals surface area contributed by atoms with Crippen LogP contribution in [0.1, 0.15) is 24.1 Å². The molecule has 1 saturated heterocycles. The Kier molecular flexibility index (Phi) is 4.73. The summed E-state index contributed by atoms with van der Waals surface area (Å²) in [5.41, 5.74) is 4.13. The molecule has 2 N–H and O–H groups in total. The molecule has 0 aliphatic carbocycles. The van der Waals surface area contributed by atoms with Gasteiger partial charge in [0.2, 0.25) is 0 Å². The highest BCUT2D eigenvalue weighted by molar-refractivity contribution is 5.89. The number of aryl methyl sites for hydroxylation is 1. The number of aromatic amines is 1. The van der Waals surface area contributed by atoms with Gasteiger partial charge in [0, 0.05) is 55.4 Å². The van der Waals surface area contributed by atoms with Crippen LogP contribution in [0.4, 0.5) is 0 Å². The Morgan fingerprint density at radius 3 is 2.67 bits per heavy atom. The highest BCUT2D eigenvalue weighted by Crippen LogP contribution is 2.30. The minimum Gasteiger partial charge on any atom is -0.480 e. The summed E-state index contributed by atoms with van der Waals surface area (Å²) in [4.78, 5) is 19.6. The maximum Gasteiger partial charge on any atom is 0.325 e. The number of aromatic nitrogens is 1. The first-order chi connectivity index (χ1) is 11.5. The van der Waals surface area contributed by atoms with Crippen LogP contribution in [0.25, 0.3) is 10.9 Å². The van der Waals surface area contributed by atoms with Crippen molar-refractivity contribution in [2.45, 2.75) is 19.9 Å². The van der Waals surface area contributed by atoms with Crippen molar-refractivity contribution >= 4 is 16.9 Å². The van der Waals surface area contributed by atoms with Crippen molar-refractivity contribution in [1.82, 2.24) is 14.8 Å². The van der Waals surface area contributed by atoms with Gasteiger partial charge in [-0.05, 0) is 26.0 Å². The van der Waals surface area contributed by atoms with Gasteiger partial charge in [0.25, 0.3) is 0 Å². The van der Waals surface area contributed by atoms with Crippen LogP contribution >= 0.6 is 0 Å². The van der Waals surface area contributed by atoms with E-state index < -0.39 is 12.0 Å². The van der Waals surface area contributed by atoms with E-state index in [-0.39, 0.29) is 0 Å². The number of hydrogen-bond acceptors (Lipinski definition) is 3. The first kappa shape index (κ1) is 16.7. The lowest BCUT2D eigenvalue weighted by Crippen LogP contribution is -2.49. The molecule has 24 heavy (non-hydrogen) atoms. The Bertz CT molecular complexity index is 757. The SMILES string of the molecule is C=C(C)CN1CCN([C@@H](C(=O)O)c2c[nH]c3ccc(C)cc23)CC1. The minimum absolute atomic E-state index is 0.604. The standard InChI is InChI=1S/C19H25N3O2/c1-13(2)12-21-6-8-22(9-7-21)18(19(23)24)16-11-20-17-5-4-14(3)10-15(16)17/h4-5,10-11,18,20H,1,6-9,12H2,2-3H3,(H,23,24)/t18-/m1/s1. The van der Waals surface area contributed by atoms with Gasteiger partial charge in [-0.25, -0.2) is 0 Å². The smallest absolute Gasteiger partial charge is 0.325 e. The Labute approximate surface area is 142 Å². The van der Waals surface area contributed by atoms with E-state index in [4.69, 9.17) is 0 Å². The molecule has 3 rings (SSSR count). The number of nitrogens with zero attached hydrogens (tertiary/aromatic N) is 2. The number of rotatable bonds is 5. The molecule has 1 atom stereocenters. The predicted molar refractivity (Wildman–Crippen MR) is 96.2 cm³/mol. The van der Waals surface area contributed by atoms with Gasteiger partial charge in [0.15, 0.2) is 0 Å². The number of carboxylic acids is 1. The van der Waals surface area contributed by atoms with E-state index in [1.165, 1.54) is 0 Å². The van der Waals surface area contributed by atoms with E-state index in [2.05, 4.69) is 27.4 Å². The fourth-order valence-electron chi connectivity index (χ4n) is 3.53. The first-order valence-electron chi connectivity index (χ1n) is 8.37. The molecule has 5 heteroatoms. The van der Waals surface area contributed by atoms with Gasteiger partial charge < -0.3 is 10.1 Å². The number of carboxylic acid groups (broad SMARTS) is 1. The quantitative estimate of drug-likeness (QED) is 0.829. The lowest BCUT2D eigenvalue weighted by atomic mass is 10.0. The minimum atomic E-state index is -0.786. The molecule has 128 valence electrons. The van der Waals surface area contributed by atoms with Gasteiger partial charge in [-0.2, -0.15) is 0 Å². The second-order valence-electron chi connectivity index (χ2n) is 6.80. The molecule has 1 aromatic carbocycles. The Morgan fingerprint density at radius 2 is 2.04 bits per heavy atom. The fraction of sp³-hybridized carbons (Fsp3) is 0.421. The molecular weight excluding hydrogens is 302 g/mol. The van der Waals surface area contributed by atoms with Gasteiger partial charge >= 0.3 is 5.97 Å². The second kappa shape index (κ2) is 6.79. The van der Waals surface area contributed by atoms with Gasteiger partial charge in [-0.1, -0.05) is 23.8 Å². The van der Waals surface area contributed by atoms with Crippen molar-refractivity contribution in [2.75, 3.05) is 32.7 Å². The third-order valence-electron chi connectivity index (χ3n) is 4.66. The Balaban J connectivity index is 1.84. The van der Waals surface area contributed by atoms with Crippen LogP contribution in [-0.2, 0) is 4.79 Å². The first-order valence-corrected chi connectivity index (χ1v) is 8.37. The van der Waals surface area contributed by atoms with Crippen molar-refractivity contribution in [2.24, 2.45) is 0 Å². The summed E-state index contributed by atoms with van der Waals surface area (Å²) >= 11 is 0. The molecule has 1 aliphatic rings. The molecule has 5 nitrogen and oxygen atoms in total. The van der Waals surface area contributed by atoms with Crippen molar-refractivity contribution in [3.8, 4) is 0 Å². The summed E-state index contributed by atoms with van der Waals surface area (Å²) in [5.74, 6) is -0.786. The van der Waals surface area contributed by atoms with E-state index in [0.29, 0.717) is 0 Å². The number of nitrogens with one attached hydrogen (secondary N) is 1. The van der Waals surface area contributed by atoms with Crippen LogP contribution in [0, 0.1) is 6.92 Å². The van der Waals surface area contributed by atoms with Crippen LogP contribution in [-0.4, -0.2) is 58.6 Å². The summed E-state index contributed by atoms with van der Waals surface area (Å²) in [6.45, 7) is 12.2. The summed E-state index contributed by atoms with van der Waals surface area (Å²) < 4.78 is 0. The third-order valence-corrected chi connectivity index (χ3v) is 4.66. The van der Waals surface area contributed by atoms with Gasteiger partial charge in [-0.3, -0.25) is 14.6 Å². The average molecular weight is 327 g/mol. The van der Waals surface area contributed by atoms with E-state index in [1.54, 1.807) is 0 Å². The highest BCUT2D eigenvalue weighted by Gasteiger charge is 2.32. The molecule has 0 bridgehead atoms. The number of benzene rings is 1. The van der Waals surface area contributed by atoms with Crippen LogP contribution in [0.3, 0.4) is 0 Å². The van der Waals surface area contributed by atoms with Crippen LogP contribution in [0.2, 0.25) is 0 Å². The summed E-state index contributed by atoms with van der Waals surface area (Å²) in [6, 6.07) is 5.51. The molecule has 0 spiro atoms. The number of hydrogen-bond donors (Lipinski definition) is 2. The zero-order valence-corrected chi connectivity index (χ0v) is 14.4. The third kappa shape index (κ3) is 3.37. The zero-order valence-electron chi connectivity index (χ0n) is 14.4. The molecule has 1 aliphatic heterocycles. The van der Waals surface area contributed by atoms with E-state index >= 15 is 0 Å². The van der Waals surface area contributed by atoms with E-state index in [1.807, 2.05) is 32.2 Å². The largest absolute Gasteiger partial charge is 0.480 e. The molecule has 1 fully saturated rings. The molecule has 2 aromatic rings. The summed E-state index contributed by atoms with van der Waals surface area (Å²) in [7, 11) is 0. The molecule has 0 unspecified atom stereocenters. The predicted octanol–water partition coefficient (Wildman–Crippen LogP) is 2.80. The van der Waals surface area contributed by atoms with Crippen molar-refractivity contribution < 1.29 is 9.90 Å². The molecule has 1 aromatic heterocycles. The molecule has 0 radical (unpaired) electrons. The van der Waals surface area contributed by atoms with Crippen LogP contribution < -0.4 is 0 Å². The molecule has 0 amide bonds. The lowest BCUT2D eigenvalue weighted by Gasteiger charge is -2.37. The summed E-state index contributed by atoms with van der Waals surface area (Å²) in [5, 5.41) is 10.9. The average Bonchev–Trinajstić information content (AvgIpc) is 2.91. The second-order valence-corrected chi connectivity index (χ2v) is 6.80. The summed E-state index contributed by atoms with van der Waals surface area (Å²) in [6.07, 6.45) is 1.85. The molecule has 2 heterocycles. The van der Waals surface area contributed by atoms with Crippen LogP contribution in [0.5, 0.6) is 0 Å². The van der Waals surface area contributed by atoms with Gasteiger partial charge in [-0.15, -0.1) is 0 Å². The van der Waals surface area contributed by atoms with Crippen LogP contribution in [0.15, 0.2) is 36.5 Å². The molecular formula is C19H25N3O2. The number of carbonyl (C=O) groups is 1. The van der Waals surface area contributed by atoms with Gasteiger partial charge in [0.1, 0.15) is 6.04 Å². The van der Waals surface area contributed by atoms with Crippen molar-refractivity contribution in [3.05, 3.63) is 47.7 Å².